The Kier molecular flexibility index (Phi) is 6.32. The van der Waals surface area contributed by atoms with Gasteiger partial charge in [0.05, 0.1) is 0 Å². The third kappa shape index (κ3) is 5.76. The Bertz CT molecular complexity index is 406. The monoisotopic (exact) mass is 345 g/mol. The normalized spacial score (nSPS) is 18.6. The fourth-order valence-electron chi connectivity index (χ4n) is 2.16. The highest BCUT2D eigenvalue weighted by atomic mass is 28.4. The Balaban J connectivity index is 2.46. The van der Waals surface area contributed by atoms with Gasteiger partial charge in [-0.3, -0.25) is 0 Å². The van der Waals surface area contributed by atoms with Crippen molar-refractivity contribution in [1.29, 1.82) is 0 Å². The number of hydrogen-bond donors (Lipinski definition) is 1. The molecule has 6 heteroatoms. The van der Waals surface area contributed by atoms with Crippen molar-refractivity contribution < 1.29 is 19.1 Å². The van der Waals surface area contributed by atoms with Crippen LogP contribution < -0.4 is 0 Å². The third-order valence-corrected chi connectivity index (χ3v) is 9.43. The van der Waals surface area contributed by atoms with E-state index in [1.807, 2.05) is 20.8 Å². The van der Waals surface area contributed by atoms with Crippen LogP contribution in [0, 0.1) is 11.8 Å². The first-order valence-corrected chi connectivity index (χ1v) is 11.4. The topological polar surface area (TPSA) is 59.0 Å². The Labute approximate surface area is 142 Å². The second-order valence-corrected chi connectivity index (χ2v) is 14.0. The first kappa shape index (κ1) is 20.5. The zero-order valence-electron chi connectivity index (χ0n) is 16.1. The maximum absolute atomic E-state index is 12.0. The number of hydrogen-bond acceptors (Lipinski definition) is 4. The molecule has 5 nitrogen and oxygen atoms in total. The highest BCUT2D eigenvalue weighted by Crippen LogP contribution is 2.37. The van der Waals surface area contributed by atoms with Crippen molar-refractivity contribution in [2.24, 2.45) is 11.8 Å². The van der Waals surface area contributed by atoms with Gasteiger partial charge in [-0.05, 0) is 38.9 Å². The molecule has 136 valence electrons. The fourth-order valence-corrected chi connectivity index (χ4v) is 3.22. The Morgan fingerprint density at radius 2 is 1.74 bits per heavy atom. The van der Waals surface area contributed by atoms with Gasteiger partial charge in [-0.2, -0.15) is 0 Å². The third-order valence-electron chi connectivity index (χ3n) is 4.93. The van der Waals surface area contributed by atoms with Gasteiger partial charge in [-0.15, -0.1) is 0 Å². The molecule has 1 aliphatic rings. The minimum atomic E-state index is -1.81. The van der Waals surface area contributed by atoms with Crippen LogP contribution in [0.15, 0.2) is 0 Å². The maximum atomic E-state index is 12.0. The summed E-state index contributed by atoms with van der Waals surface area (Å²) in [5, 5.41) is 9.84. The lowest BCUT2D eigenvalue weighted by Gasteiger charge is -2.44. The lowest BCUT2D eigenvalue weighted by molar-refractivity contribution is -0.0241. The first-order chi connectivity index (χ1) is 10.3. The van der Waals surface area contributed by atoms with Crippen molar-refractivity contribution in [3.05, 3.63) is 0 Å². The van der Waals surface area contributed by atoms with E-state index in [0.29, 0.717) is 19.7 Å². The highest BCUT2D eigenvalue weighted by Gasteiger charge is 2.41. The van der Waals surface area contributed by atoms with Crippen LogP contribution >= 0.6 is 0 Å². The lowest BCUT2D eigenvalue weighted by atomic mass is 9.87. The molecule has 1 fully saturated rings. The molecule has 0 spiro atoms. The number of carbonyl (C=O) groups is 1. The smallest absolute Gasteiger partial charge is 0.410 e. The molecule has 1 rings (SSSR count). The van der Waals surface area contributed by atoms with Gasteiger partial charge >= 0.3 is 6.09 Å². The molecule has 0 aromatic rings. The summed E-state index contributed by atoms with van der Waals surface area (Å²) in [5.74, 6) is 0.375. The summed E-state index contributed by atoms with van der Waals surface area (Å²) in [4.78, 5) is 13.7. The molecule has 1 unspecified atom stereocenters. The summed E-state index contributed by atoms with van der Waals surface area (Å²) >= 11 is 0. The second-order valence-electron chi connectivity index (χ2n) is 9.16. The second kappa shape index (κ2) is 7.11. The molecule has 0 aliphatic carbocycles. The van der Waals surface area contributed by atoms with Gasteiger partial charge < -0.3 is 19.2 Å². The van der Waals surface area contributed by atoms with Gasteiger partial charge in [-0.25, -0.2) is 4.79 Å². The molecule has 1 atom stereocenters. The average Bonchev–Trinajstić information content (AvgIpc) is 2.27. The molecule has 1 saturated heterocycles. The van der Waals surface area contributed by atoms with E-state index in [0.717, 1.165) is 0 Å². The van der Waals surface area contributed by atoms with Crippen LogP contribution in [-0.4, -0.2) is 56.3 Å². The number of ether oxygens (including phenoxy) is 1. The predicted molar refractivity (Wildman–Crippen MR) is 95.0 cm³/mol. The van der Waals surface area contributed by atoms with Gasteiger partial charge in [0.15, 0.2) is 8.32 Å². The van der Waals surface area contributed by atoms with E-state index >= 15 is 0 Å². The number of nitrogens with zero attached hydrogens (tertiary/aromatic N) is 1. The largest absolute Gasteiger partial charge is 0.444 e. The maximum Gasteiger partial charge on any atom is 0.410 e. The number of rotatable bonds is 5. The lowest BCUT2D eigenvalue weighted by Crippen LogP contribution is -2.55. The molecule has 0 bridgehead atoms. The van der Waals surface area contributed by atoms with E-state index in [9.17, 15) is 9.90 Å². The minimum Gasteiger partial charge on any atom is -0.444 e. The summed E-state index contributed by atoms with van der Waals surface area (Å²) in [7, 11) is -1.81. The van der Waals surface area contributed by atoms with Crippen LogP contribution in [0.3, 0.4) is 0 Å². The fraction of sp³-hybridized carbons (Fsp3) is 0.941. The van der Waals surface area contributed by atoms with Gasteiger partial charge in [0.1, 0.15) is 5.60 Å². The van der Waals surface area contributed by atoms with E-state index in [4.69, 9.17) is 9.16 Å². The molecule has 1 aliphatic heterocycles. The standard InChI is InChI=1S/C17H35NO4Si/c1-16(2,3)22-15(20)18-9-13(10-18)14(11-19)12-21-23(7,8)17(4,5)6/h13-14,19H,9-12H2,1-8H3. The van der Waals surface area contributed by atoms with Gasteiger partial charge in [0.2, 0.25) is 0 Å². The molecule has 0 saturated carbocycles. The summed E-state index contributed by atoms with van der Waals surface area (Å²) in [5.41, 5.74) is -0.468. The van der Waals surface area contributed by atoms with Crippen molar-refractivity contribution in [3.63, 3.8) is 0 Å². The number of carbonyl (C=O) groups excluding carboxylic acids is 1. The zero-order chi connectivity index (χ0) is 18.1. The molecular formula is C17H35NO4Si. The number of amides is 1. The molecule has 1 heterocycles. The Morgan fingerprint density at radius 1 is 1.22 bits per heavy atom. The Hall–Kier alpha value is -0.593. The van der Waals surface area contributed by atoms with Crippen molar-refractivity contribution in [3.8, 4) is 0 Å². The van der Waals surface area contributed by atoms with Crippen LogP contribution in [0.4, 0.5) is 4.79 Å². The van der Waals surface area contributed by atoms with Gasteiger partial charge in [-0.1, -0.05) is 20.8 Å². The van der Waals surface area contributed by atoms with Crippen LogP contribution in [-0.2, 0) is 9.16 Å². The molecule has 23 heavy (non-hydrogen) atoms. The summed E-state index contributed by atoms with van der Waals surface area (Å²) in [6.07, 6.45) is -0.268. The van der Waals surface area contributed by atoms with Crippen molar-refractivity contribution in [2.45, 2.75) is 65.3 Å². The summed E-state index contributed by atoms with van der Waals surface area (Å²) in [6, 6.07) is 0. The van der Waals surface area contributed by atoms with Crippen LogP contribution in [0.1, 0.15) is 41.5 Å². The quantitative estimate of drug-likeness (QED) is 0.775. The number of likely N-dealkylation sites (tertiary alicyclic amines) is 1. The van der Waals surface area contributed by atoms with E-state index in [2.05, 4.69) is 33.9 Å². The number of aliphatic hydroxyl groups excluding tert-OH is 1. The van der Waals surface area contributed by atoms with Crippen molar-refractivity contribution >= 4 is 14.4 Å². The molecule has 1 amide bonds. The highest BCUT2D eigenvalue weighted by molar-refractivity contribution is 6.74. The van der Waals surface area contributed by atoms with Crippen molar-refractivity contribution in [2.75, 3.05) is 26.3 Å². The minimum absolute atomic E-state index is 0.0859. The van der Waals surface area contributed by atoms with E-state index in [1.165, 1.54) is 0 Å². The van der Waals surface area contributed by atoms with Crippen LogP contribution in [0.2, 0.25) is 18.1 Å². The van der Waals surface area contributed by atoms with E-state index in [1.54, 1.807) is 4.90 Å². The van der Waals surface area contributed by atoms with Gasteiger partial charge in [0.25, 0.3) is 0 Å². The summed E-state index contributed by atoms with van der Waals surface area (Å²) in [6.45, 7) is 18.6. The number of aliphatic hydroxyl groups is 1. The van der Waals surface area contributed by atoms with Gasteiger partial charge in [0, 0.05) is 38.1 Å². The SMILES string of the molecule is CC(C)(C)OC(=O)N1CC(C(CO)CO[Si](C)(C)C(C)(C)C)C1. The van der Waals surface area contributed by atoms with Crippen LogP contribution in [0.5, 0.6) is 0 Å². The zero-order valence-corrected chi connectivity index (χ0v) is 17.1. The first-order valence-electron chi connectivity index (χ1n) is 8.49. The van der Waals surface area contributed by atoms with E-state index in [-0.39, 0.29) is 29.6 Å². The molecule has 0 aromatic carbocycles. The average molecular weight is 346 g/mol. The summed E-state index contributed by atoms with van der Waals surface area (Å²) < 4.78 is 11.6. The molecule has 1 N–H and O–H groups in total. The van der Waals surface area contributed by atoms with E-state index < -0.39 is 13.9 Å². The molecular weight excluding hydrogens is 310 g/mol. The predicted octanol–water partition coefficient (Wildman–Crippen LogP) is 3.48. The van der Waals surface area contributed by atoms with Crippen LogP contribution in [0.25, 0.3) is 0 Å². The molecule has 0 radical (unpaired) electrons. The Morgan fingerprint density at radius 3 is 2.13 bits per heavy atom. The van der Waals surface area contributed by atoms with Crippen molar-refractivity contribution in [1.82, 2.24) is 4.90 Å². The molecule has 0 aromatic heterocycles.